The topological polar surface area (TPSA) is 29.9 Å². The molecule has 1 aliphatic heterocycles. The fraction of sp³-hybridized carbons (Fsp3) is 0.400. The Kier molecular flexibility index (Phi) is 3.89. The van der Waals surface area contributed by atoms with Crippen LogP contribution in [-0.4, -0.2) is 28.4 Å². The van der Waals surface area contributed by atoms with Gasteiger partial charge in [-0.25, -0.2) is 4.98 Å². The van der Waals surface area contributed by atoms with Gasteiger partial charge in [-0.3, -0.25) is 0 Å². The molecule has 0 spiro atoms. The van der Waals surface area contributed by atoms with Crippen LogP contribution in [0.3, 0.4) is 0 Å². The normalized spacial score (nSPS) is 17.6. The van der Waals surface area contributed by atoms with Crippen LogP contribution in [0.5, 0.6) is 0 Å². The standard InChI is InChI=1S/C15H19N3S/c1-16-7-6-13-9-18(11-17-13)10-14-8-12-4-2-3-5-15(12)19-14/h2-5,9,11,14,16H,6-8,10H2,1H3. The highest BCUT2D eigenvalue weighted by molar-refractivity contribution is 8.00. The Hall–Kier alpha value is -1.26. The van der Waals surface area contributed by atoms with Gasteiger partial charge in [-0.1, -0.05) is 18.2 Å². The number of imidazole rings is 1. The third-order valence-electron chi connectivity index (χ3n) is 3.45. The second-order valence-corrected chi connectivity index (χ2v) is 6.31. The van der Waals surface area contributed by atoms with E-state index in [0.717, 1.165) is 19.5 Å². The average molecular weight is 273 g/mol. The monoisotopic (exact) mass is 273 g/mol. The molecule has 0 radical (unpaired) electrons. The predicted octanol–water partition coefficient (Wildman–Crippen LogP) is 2.36. The molecule has 2 heterocycles. The zero-order valence-electron chi connectivity index (χ0n) is 11.2. The van der Waals surface area contributed by atoms with E-state index in [2.05, 4.69) is 45.3 Å². The van der Waals surface area contributed by atoms with Crippen LogP contribution in [0, 0.1) is 0 Å². The lowest BCUT2D eigenvalue weighted by molar-refractivity contribution is 0.662. The van der Waals surface area contributed by atoms with Gasteiger partial charge in [-0.05, 0) is 25.1 Å². The second-order valence-electron chi connectivity index (χ2n) is 4.97. The van der Waals surface area contributed by atoms with E-state index in [1.807, 2.05) is 25.1 Å². The van der Waals surface area contributed by atoms with Crippen molar-refractivity contribution in [1.29, 1.82) is 0 Å². The van der Waals surface area contributed by atoms with Gasteiger partial charge in [0.15, 0.2) is 0 Å². The van der Waals surface area contributed by atoms with Crippen LogP contribution >= 0.6 is 11.8 Å². The lowest BCUT2D eigenvalue weighted by atomic mass is 10.1. The molecule has 3 nitrogen and oxygen atoms in total. The van der Waals surface area contributed by atoms with E-state index in [4.69, 9.17) is 0 Å². The Morgan fingerprint density at radius 2 is 2.32 bits per heavy atom. The molecule has 100 valence electrons. The van der Waals surface area contributed by atoms with Crippen LogP contribution in [0.1, 0.15) is 11.3 Å². The molecule has 1 unspecified atom stereocenters. The summed E-state index contributed by atoms with van der Waals surface area (Å²) >= 11 is 2.00. The lowest BCUT2D eigenvalue weighted by Gasteiger charge is -2.08. The van der Waals surface area contributed by atoms with E-state index in [0.29, 0.717) is 5.25 Å². The van der Waals surface area contributed by atoms with Crippen LogP contribution in [0.4, 0.5) is 0 Å². The Labute approximate surface area is 118 Å². The van der Waals surface area contributed by atoms with Crippen molar-refractivity contribution in [1.82, 2.24) is 14.9 Å². The van der Waals surface area contributed by atoms with E-state index >= 15 is 0 Å². The third-order valence-corrected chi connectivity index (χ3v) is 4.75. The Morgan fingerprint density at radius 1 is 1.42 bits per heavy atom. The van der Waals surface area contributed by atoms with Crippen molar-refractivity contribution >= 4 is 11.8 Å². The first-order valence-corrected chi connectivity index (χ1v) is 7.63. The van der Waals surface area contributed by atoms with E-state index in [-0.39, 0.29) is 0 Å². The molecule has 2 aromatic rings. The number of aromatic nitrogens is 2. The van der Waals surface area contributed by atoms with Gasteiger partial charge in [-0.15, -0.1) is 11.8 Å². The summed E-state index contributed by atoms with van der Waals surface area (Å²) in [4.78, 5) is 5.91. The fourth-order valence-corrected chi connectivity index (χ4v) is 3.81. The molecule has 1 N–H and O–H groups in total. The largest absolute Gasteiger partial charge is 0.336 e. The molecule has 4 heteroatoms. The minimum atomic E-state index is 0.642. The summed E-state index contributed by atoms with van der Waals surface area (Å²) in [6.07, 6.45) is 6.32. The fourth-order valence-electron chi connectivity index (χ4n) is 2.48. The first-order chi connectivity index (χ1) is 9.35. The smallest absolute Gasteiger partial charge is 0.0949 e. The number of benzene rings is 1. The van der Waals surface area contributed by atoms with Crippen LogP contribution in [-0.2, 0) is 19.4 Å². The number of fused-ring (bicyclic) bond motifs is 1. The van der Waals surface area contributed by atoms with Crippen LogP contribution in [0.15, 0.2) is 41.7 Å². The number of hydrogen-bond donors (Lipinski definition) is 1. The summed E-state index contributed by atoms with van der Waals surface area (Å²) in [6.45, 7) is 2.03. The van der Waals surface area contributed by atoms with Gasteiger partial charge in [0.25, 0.3) is 0 Å². The molecule has 1 atom stereocenters. The molecule has 0 aliphatic carbocycles. The minimum absolute atomic E-state index is 0.642. The first kappa shape index (κ1) is 12.8. The maximum absolute atomic E-state index is 4.46. The number of nitrogens with zero attached hydrogens (tertiary/aromatic N) is 2. The van der Waals surface area contributed by atoms with Gasteiger partial charge < -0.3 is 9.88 Å². The van der Waals surface area contributed by atoms with Crippen LogP contribution in [0.25, 0.3) is 0 Å². The zero-order chi connectivity index (χ0) is 13.1. The van der Waals surface area contributed by atoms with Crippen LogP contribution in [0.2, 0.25) is 0 Å². The van der Waals surface area contributed by atoms with E-state index in [1.165, 1.54) is 22.6 Å². The maximum atomic E-state index is 4.46. The van der Waals surface area contributed by atoms with E-state index < -0.39 is 0 Å². The highest BCUT2D eigenvalue weighted by Gasteiger charge is 2.21. The molecule has 0 saturated carbocycles. The van der Waals surface area contributed by atoms with Gasteiger partial charge in [0.2, 0.25) is 0 Å². The van der Waals surface area contributed by atoms with Gasteiger partial charge >= 0.3 is 0 Å². The first-order valence-electron chi connectivity index (χ1n) is 6.75. The van der Waals surface area contributed by atoms with Crippen molar-refractivity contribution in [3.05, 3.63) is 48.0 Å². The SMILES string of the molecule is CNCCc1cn(CC2Cc3ccccc3S2)cn1. The minimum Gasteiger partial charge on any atom is -0.336 e. The maximum Gasteiger partial charge on any atom is 0.0949 e. The van der Waals surface area contributed by atoms with E-state index in [1.54, 1.807) is 0 Å². The molecule has 0 bridgehead atoms. The second kappa shape index (κ2) is 5.80. The average Bonchev–Trinajstić information content (AvgIpc) is 3.02. The number of nitrogens with one attached hydrogen (secondary N) is 1. The molecular weight excluding hydrogens is 254 g/mol. The van der Waals surface area contributed by atoms with Gasteiger partial charge in [0.1, 0.15) is 0 Å². The summed E-state index contributed by atoms with van der Waals surface area (Å²) in [6, 6.07) is 8.73. The van der Waals surface area contributed by atoms with Crippen molar-refractivity contribution < 1.29 is 0 Å². The molecule has 0 fully saturated rings. The lowest BCUT2D eigenvalue weighted by Crippen LogP contribution is -2.11. The third kappa shape index (κ3) is 3.01. The molecule has 0 amide bonds. The van der Waals surface area contributed by atoms with Gasteiger partial charge in [0, 0.05) is 35.9 Å². The predicted molar refractivity (Wildman–Crippen MR) is 79.6 cm³/mol. The highest BCUT2D eigenvalue weighted by Crippen LogP contribution is 2.37. The highest BCUT2D eigenvalue weighted by atomic mass is 32.2. The molecule has 1 aromatic heterocycles. The van der Waals surface area contributed by atoms with Crippen molar-refractivity contribution in [2.24, 2.45) is 0 Å². The number of hydrogen-bond acceptors (Lipinski definition) is 3. The molecule has 1 aliphatic rings. The van der Waals surface area contributed by atoms with Gasteiger partial charge in [0.05, 0.1) is 12.0 Å². The van der Waals surface area contributed by atoms with Crippen molar-refractivity contribution in [3.63, 3.8) is 0 Å². The van der Waals surface area contributed by atoms with Crippen LogP contribution < -0.4 is 5.32 Å². The van der Waals surface area contributed by atoms with Gasteiger partial charge in [-0.2, -0.15) is 0 Å². The molecular formula is C15H19N3S. The van der Waals surface area contributed by atoms with Crippen molar-refractivity contribution in [3.8, 4) is 0 Å². The molecule has 1 aromatic carbocycles. The quantitative estimate of drug-likeness (QED) is 0.907. The summed E-state index contributed by atoms with van der Waals surface area (Å²) < 4.78 is 2.23. The Morgan fingerprint density at radius 3 is 3.16 bits per heavy atom. The molecule has 3 rings (SSSR count). The van der Waals surface area contributed by atoms with Crippen molar-refractivity contribution in [2.45, 2.75) is 29.5 Å². The number of rotatable bonds is 5. The number of likely N-dealkylation sites (N-methyl/N-ethyl adjacent to an activating group) is 1. The Balaban J connectivity index is 1.60. The molecule has 0 saturated heterocycles. The summed E-state index contributed by atoms with van der Waals surface area (Å²) in [5, 5.41) is 3.80. The summed E-state index contributed by atoms with van der Waals surface area (Å²) in [7, 11) is 1.98. The Bertz CT molecular complexity index is 525. The van der Waals surface area contributed by atoms with Crippen molar-refractivity contribution in [2.75, 3.05) is 13.6 Å². The molecule has 19 heavy (non-hydrogen) atoms. The summed E-state index contributed by atoms with van der Waals surface area (Å²) in [5.41, 5.74) is 2.67. The van der Waals surface area contributed by atoms with E-state index in [9.17, 15) is 0 Å². The summed E-state index contributed by atoms with van der Waals surface area (Å²) in [5.74, 6) is 0. The number of thioether (sulfide) groups is 1. The zero-order valence-corrected chi connectivity index (χ0v) is 12.0.